The number of nitrogens with one attached hydrogen (secondary N) is 2. The molecular formula is C15H21N3O. The summed E-state index contributed by atoms with van der Waals surface area (Å²) in [5.41, 5.74) is 2.37. The van der Waals surface area contributed by atoms with Crippen LogP contribution in [0.25, 0.3) is 0 Å². The molecule has 19 heavy (non-hydrogen) atoms. The molecule has 4 heteroatoms. The van der Waals surface area contributed by atoms with E-state index in [1.54, 1.807) is 0 Å². The van der Waals surface area contributed by atoms with Crippen molar-refractivity contribution in [3.63, 3.8) is 0 Å². The lowest BCUT2D eigenvalue weighted by molar-refractivity contribution is -0.118. The number of hydrogen-bond acceptors (Lipinski definition) is 3. The average molecular weight is 259 g/mol. The fraction of sp³-hybridized carbons (Fsp3) is 0.533. The highest BCUT2D eigenvalue weighted by Crippen LogP contribution is 2.20. The Morgan fingerprint density at radius 2 is 2.26 bits per heavy atom. The first-order valence-electron chi connectivity index (χ1n) is 7.16. The van der Waals surface area contributed by atoms with Gasteiger partial charge in [0.1, 0.15) is 0 Å². The lowest BCUT2D eigenvalue weighted by Gasteiger charge is -2.28. The van der Waals surface area contributed by atoms with Crippen LogP contribution in [0.4, 0.5) is 5.69 Å². The summed E-state index contributed by atoms with van der Waals surface area (Å²) in [5.74, 6) is 0.169. The van der Waals surface area contributed by atoms with E-state index in [1.165, 1.54) is 18.4 Å². The molecular weight excluding hydrogens is 238 g/mol. The van der Waals surface area contributed by atoms with Crippen LogP contribution < -0.4 is 15.5 Å². The predicted molar refractivity (Wildman–Crippen MR) is 76.4 cm³/mol. The highest BCUT2D eigenvalue weighted by molar-refractivity contribution is 5.95. The third kappa shape index (κ3) is 2.96. The van der Waals surface area contributed by atoms with Crippen LogP contribution in [0.3, 0.4) is 0 Å². The Labute approximate surface area is 114 Å². The number of amides is 1. The van der Waals surface area contributed by atoms with Crippen LogP contribution in [0, 0.1) is 0 Å². The molecule has 1 unspecified atom stereocenters. The minimum atomic E-state index is 0.169. The summed E-state index contributed by atoms with van der Waals surface area (Å²) in [4.78, 5) is 13.8. The normalized spacial score (nSPS) is 23.9. The fourth-order valence-corrected chi connectivity index (χ4v) is 2.95. The van der Waals surface area contributed by atoms with E-state index in [2.05, 4.69) is 28.8 Å². The molecule has 3 rings (SSSR count). The van der Waals surface area contributed by atoms with Crippen LogP contribution in [0.1, 0.15) is 18.4 Å². The second-order valence-corrected chi connectivity index (χ2v) is 5.39. The standard InChI is InChI=1S/C15H21N3O/c19-15-11-16-7-8-18(15)14-5-1-3-12(10-14)9-13-4-2-6-17-13/h1,3,5,10,13,16-17H,2,4,6-9,11H2. The number of hydrogen-bond donors (Lipinski definition) is 2. The van der Waals surface area contributed by atoms with E-state index >= 15 is 0 Å². The molecule has 0 radical (unpaired) electrons. The quantitative estimate of drug-likeness (QED) is 0.848. The molecule has 0 saturated carbocycles. The molecule has 2 N–H and O–H groups in total. The Hall–Kier alpha value is -1.39. The molecule has 1 aromatic carbocycles. The lowest BCUT2D eigenvalue weighted by Crippen LogP contribution is -2.48. The van der Waals surface area contributed by atoms with Crippen molar-refractivity contribution in [1.29, 1.82) is 0 Å². The van der Waals surface area contributed by atoms with Gasteiger partial charge in [-0.2, -0.15) is 0 Å². The molecule has 2 aliphatic heterocycles. The van der Waals surface area contributed by atoms with Crippen LogP contribution >= 0.6 is 0 Å². The van der Waals surface area contributed by atoms with Gasteiger partial charge in [0.15, 0.2) is 0 Å². The zero-order valence-electron chi connectivity index (χ0n) is 11.2. The first-order valence-corrected chi connectivity index (χ1v) is 7.16. The van der Waals surface area contributed by atoms with Crippen molar-refractivity contribution in [2.75, 3.05) is 31.1 Å². The Kier molecular flexibility index (Phi) is 3.80. The largest absolute Gasteiger partial charge is 0.314 e. The maximum Gasteiger partial charge on any atom is 0.240 e. The molecule has 102 valence electrons. The molecule has 2 fully saturated rings. The molecule has 1 aromatic rings. The van der Waals surface area contributed by atoms with Crippen molar-refractivity contribution >= 4 is 11.6 Å². The number of nitrogens with zero attached hydrogens (tertiary/aromatic N) is 1. The van der Waals surface area contributed by atoms with Crippen molar-refractivity contribution in [2.45, 2.75) is 25.3 Å². The minimum absolute atomic E-state index is 0.169. The van der Waals surface area contributed by atoms with Gasteiger partial charge in [-0.3, -0.25) is 4.79 Å². The van der Waals surface area contributed by atoms with Crippen molar-refractivity contribution in [3.8, 4) is 0 Å². The summed E-state index contributed by atoms with van der Waals surface area (Å²) in [7, 11) is 0. The average Bonchev–Trinajstić information content (AvgIpc) is 2.92. The Morgan fingerprint density at radius 1 is 1.32 bits per heavy atom. The fourth-order valence-electron chi connectivity index (χ4n) is 2.95. The van der Waals surface area contributed by atoms with E-state index in [0.717, 1.165) is 31.7 Å². The van der Waals surface area contributed by atoms with Gasteiger partial charge in [-0.15, -0.1) is 0 Å². The van der Waals surface area contributed by atoms with Gasteiger partial charge < -0.3 is 15.5 Å². The second kappa shape index (κ2) is 5.72. The molecule has 0 bridgehead atoms. The number of piperazine rings is 1. The maximum absolute atomic E-state index is 11.9. The van der Waals surface area contributed by atoms with Gasteiger partial charge >= 0.3 is 0 Å². The summed E-state index contributed by atoms with van der Waals surface area (Å²) in [5, 5.41) is 6.63. The van der Waals surface area contributed by atoms with Crippen LogP contribution in [-0.2, 0) is 11.2 Å². The van der Waals surface area contributed by atoms with Gasteiger partial charge in [0, 0.05) is 24.8 Å². The van der Waals surface area contributed by atoms with Crippen molar-refractivity contribution in [2.24, 2.45) is 0 Å². The van der Waals surface area contributed by atoms with Gasteiger partial charge in [0.25, 0.3) is 0 Å². The third-order valence-corrected chi connectivity index (χ3v) is 3.96. The van der Waals surface area contributed by atoms with Crippen LogP contribution in [0.5, 0.6) is 0 Å². The summed E-state index contributed by atoms with van der Waals surface area (Å²) in [6.07, 6.45) is 3.60. The molecule has 4 nitrogen and oxygen atoms in total. The molecule has 0 aliphatic carbocycles. The lowest BCUT2D eigenvalue weighted by atomic mass is 10.0. The summed E-state index contributed by atoms with van der Waals surface area (Å²) < 4.78 is 0. The first kappa shape index (κ1) is 12.6. The van der Waals surface area contributed by atoms with Crippen LogP contribution in [-0.4, -0.2) is 38.1 Å². The van der Waals surface area contributed by atoms with Crippen molar-refractivity contribution in [3.05, 3.63) is 29.8 Å². The predicted octanol–water partition coefficient (Wildman–Crippen LogP) is 0.917. The Bertz CT molecular complexity index is 454. The zero-order chi connectivity index (χ0) is 13.1. The molecule has 0 aromatic heterocycles. The van der Waals surface area contributed by atoms with E-state index in [-0.39, 0.29) is 5.91 Å². The first-order chi connectivity index (χ1) is 9.33. The molecule has 2 saturated heterocycles. The number of carbonyl (C=O) groups is 1. The SMILES string of the molecule is O=C1CNCCN1c1cccc(CC2CCCN2)c1. The number of rotatable bonds is 3. The van der Waals surface area contributed by atoms with E-state index in [0.29, 0.717) is 12.6 Å². The molecule has 2 heterocycles. The zero-order valence-corrected chi connectivity index (χ0v) is 11.2. The van der Waals surface area contributed by atoms with Gasteiger partial charge in [0.05, 0.1) is 6.54 Å². The highest BCUT2D eigenvalue weighted by atomic mass is 16.2. The maximum atomic E-state index is 11.9. The Morgan fingerprint density at radius 3 is 3.05 bits per heavy atom. The van der Waals surface area contributed by atoms with Gasteiger partial charge in [-0.1, -0.05) is 12.1 Å². The summed E-state index contributed by atoms with van der Waals surface area (Å²) in [6.45, 7) is 3.24. The van der Waals surface area contributed by atoms with Crippen molar-refractivity contribution in [1.82, 2.24) is 10.6 Å². The van der Waals surface area contributed by atoms with E-state index in [1.807, 2.05) is 11.0 Å². The number of benzene rings is 1. The smallest absolute Gasteiger partial charge is 0.240 e. The molecule has 0 spiro atoms. The third-order valence-electron chi connectivity index (χ3n) is 3.96. The van der Waals surface area contributed by atoms with Gasteiger partial charge in [-0.25, -0.2) is 0 Å². The molecule has 1 amide bonds. The van der Waals surface area contributed by atoms with E-state index in [4.69, 9.17) is 0 Å². The van der Waals surface area contributed by atoms with Crippen molar-refractivity contribution < 1.29 is 4.79 Å². The monoisotopic (exact) mass is 259 g/mol. The molecule has 2 aliphatic rings. The summed E-state index contributed by atoms with van der Waals surface area (Å²) >= 11 is 0. The minimum Gasteiger partial charge on any atom is -0.314 e. The summed E-state index contributed by atoms with van der Waals surface area (Å²) in [6, 6.07) is 9.04. The van der Waals surface area contributed by atoms with Crippen LogP contribution in [0.15, 0.2) is 24.3 Å². The highest BCUT2D eigenvalue weighted by Gasteiger charge is 2.20. The van der Waals surface area contributed by atoms with E-state index in [9.17, 15) is 4.79 Å². The van der Waals surface area contributed by atoms with E-state index < -0.39 is 0 Å². The topological polar surface area (TPSA) is 44.4 Å². The molecule has 1 atom stereocenters. The van der Waals surface area contributed by atoms with Crippen LogP contribution in [0.2, 0.25) is 0 Å². The van der Waals surface area contributed by atoms with Gasteiger partial charge in [0.2, 0.25) is 5.91 Å². The number of anilines is 1. The second-order valence-electron chi connectivity index (χ2n) is 5.39. The number of carbonyl (C=O) groups excluding carboxylic acids is 1. The van der Waals surface area contributed by atoms with Gasteiger partial charge in [-0.05, 0) is 43.5 Å². The Balaban J connectivity index is 1.73.